The summed E-state index contributed by atoms with van der Waals surface area (Å²) in [6.07, 6.45) is 0. The predicted octanol–water partition coefficient (Wildman–Crippen LogP) is 3.19. The Kier molecular flexibility index (Phi) is 4.55. The van der Waals surface area contributed by atoms with Gasteiger partial charge in [-0.15, -0.1) is 0 Å². The highest BCUT2D eigenvalue weighted by molar-refractivity contribution is 6.34. The molecule has 1 amide bonds. The molecule has 0 aliphatic rings. The number of nitrogens with two attached hydrogens (primary N) is 1. The van der Waals surface area contributed by atoms with Crippen LogP contribution in [0.15, 0.2) is 36.4 Å². The van der Waals surface area contributed by atoms with E-state index in [0.29, 0.717) is 33.5 Å². The third kappa shape index (κ3) is 3.20. The van der Waals surface area contributed by atoms with Gasteiger partial charge in [0, 0.05) is 6.07 Å². The Morgan fingerprint density at radius 1 is 1.14 bits per heavy atom. The summed E-state index contributed by atoms with van der Waals surface area (Å²) in [6.45, 7) is 0. The van der Waals surface area contributed by atoms with Crippen molar-refractivity contribution in [2.45, 2.75) is 0 Å². The van der Waals surface area contributed by atoms with Gasteiger partial charge in [0.1, 0.15) is 11.5 Å². The standard InChI is InChI=1S/C15H15ClN2O3/c1-20-13-6-4-3-5-9(13)15(19)18-12-8-14(21-2)11(17)7-10(12)16/h3-8H,17H2,1-2H3,(H,18,19). The van der Waals surface area contributed by atoms with Gasteiger partial charge in [0.25, 0.3) is 5.91 Å². The first-order chi connectivity index (χ1) is 10.1. The van der Waals surface area contributed by atoms with Gasteiger partial charge in [0.2, 0.25) is 0 Å². The predicted molar refractivity (Wildman–Crippen MR) is 83.4 cm³/mol. The zero-order valence-corrected chi connectivity index (χ0v) is 12.4. The fourth-order valence-corrected chi connectivity index (χ4v) is 2.08. The van der Waals surface area contributed by atoms with E-state index in [-0.39, 0.29) is 5.91 Å². The van der Waals surface area contributed by atoms with Crippen LogP contribution in [0.3, 0.4) is 0 Å². The Morgan fingerprint density at radius 3 is 2.48 bits per heavy atom. The summed E-state index contributed by atoms with van der Waals surface area (Å²) in [5, 5.41) is 3.05. The number of ether oxygens (including phenoxy) is 2. The van der Waals surface area contributed by atoms with Gasteiger partial charge in [-0.2, -0.15) is 0 Å². The largest absolute Gasteiger partial charge is 0.496 e. The summed E-state index contributed by atoms with van der Waals surface area (Å²) >= 11 is 6.08. The van der Waals surface area contributed by atoms with Crippen molar-refractivity contribution in [1.29, 1.82) is 0 Å². The molecule has 3 N–H and O–H groups in total. The van der Waals surface area contributed by atoms with Crippen LogP contribution >= 0.6 is 11.6 Å². The number of methoxy groups -OCH3 is 2. The second-order valence-electron chi connectivity index (χ2n) is 4.23. The van der Waals surface area contributed by atoms with Crippen molar-refractivity contribution in [1.82, 2.24) is 0 Å². The summed E-state index contributed by atoms with van der Waals surface area (Å²) in [5.74, 6) is 0.587. The van der Waals surface area contributed by atoms with Gasteiger partial charge in [0.15, 0.2) is 0 Å². The van der Waals surface area contributed by atoms with E-state index in [1.54, 1.807) is 30.3 Å². The first-order valence-electron chi connectivity index (χ1n) is 6.14. The van der Waals surface area contributed by atoms with E-state index >= 15 is 0 Å². The van der Waals surface area contributed by atoms with E-state index in [1.807, 2.05) is 0 Å². The van der Waals surface area contributed by atoms with Crippen molar-refractivity contribution in [3.8, 4) is 11.5 Å². The highest BCUT2D eigenvalue weighted by Gasteiger charge is 2.14. The Hall–Kier alpha value is -2.40. The molecular formula is C15H15ClN2O3. The minimum absolute atomic E-state index is 0.330. The lowest BCUT2D eigenvalue weighted by Crippen LogP contribution is -2.13. The van der Waals surface area contributed by atoms with E-state index in [4.69, 9.17) is 26.8 Å². The topological polar surface area (TPSA) is 73.6 Å². The summed E-state index contributed by atoms with van der Waals surface area (Å²) < 4.78 is 10.3. The van der Waals surface area contributed by atoms with Gasteiger partial charge in [-0.05, 0) is 18.2 Å². The van der Waals surface area contributed by atoms with Gasteiger partial charge < -0.3 is 20.5 Å². The number of hydrogen-bond donors (Lipinski definition) is 2. The first kappa shape index (κ1) is 15.0. The summed E-state index contributed by atoms with van der Waals surface area (Å²) in [5.41, 5.74) is 6.97. The molecule has 0 aliphatic heterocycles. The number of carbonyl (C=O) groups is 1. The monoisotopic (exact) mass is 306 g/mol. The Labute approximate surface area is 127 Å². The number of halogens is 1. The number of carbonyl (C=O) groups excluding carboxylic acids is 1. The van der Waals surface area contributed by atoms with E-state index in [1.165, 1.54) is 20.3 Å². The molecule has 0 fully saturated rings. The molecule has 6 heteroatoms. The normalized spacial score (nSPS) is 10.0. The lowest BCUT2D eigenvalue weighted by atomic mass is 10.1. The number of para-hydroxylation sites is 1. The SMILES string of the molecule is COc1cc(NC(=O)c2ccccc2OC)c(Cl)cc1N. The fraction of sp³-hybridized carbons (Fsp3) is 0.133. The zero-order chi connectivity index (χ0) is 15.4. The molecular weight excluding hydrogens is 292 g/mol. The molecule has 2 rings (SSSR count). The van der Waals surface area contributed by atoms with Gasteiger partial charge >= 0.3 is 0 Å². The third-order valence-electron chi connectivity index (χ3n) is 2.92. The molecule has 0 spiro atoms. The van der Waals surface area contributed by atoms with Crippen molar-refractivity contribution in [2.24, 2.45) is 0 Å². The highest BCUT2D eigenvalue weighted by Crippen LogP contribution is 2.33. The molecule has 2 aromatic rings. The number of anilines is 2. The number of benzene rings is 2. The van der Waals surface area contributed by atoms with Crippen molar-refractivity contribution < 1.29 is 14.3 Å². The smallest absolute Gasteiger partial charge is 0.259 e. The van der Waals surface area contributed by atoms with E-state index in [9.17, 15) is 4.79 Å². The second-order valence-corrected chi connectivity index (χ2v) is 4.64. The van der Waals surface area contributed by atoms with Gasteiger partial charge in [-0.1, -0.05) is 23.7 Å². The maximum absolute atomic E-state index is 12.3. The van der Waals surface area contributed by atoms with Crippen LogP contribution in [0.4, 0.5) is 11.4 Å². The van der Waals surface area contributed by atoms with Gasteiger partial charge in [-0.25, -0.2) is 0 Å². The van der Waals surface area contributed by atoms with Crippen molar-refractivity contribution >= 4 is 28.9 Å². The molecule has 0 unspecified atom stereocenters. The summed E-state index contributed by atoms with van der Waals surface area (Å²) in [7, 11) is 3.00. The molecule has 0 heterocycles. The average Bonchev–Trinajstić information content (AvgIpc) is 2.49. The van der Waals surface area contributed by atoms with Crippen LogP contribution < -0.4 is 20.5 Å². The van der Waals surface area contributed by atoms with Crippen molar-refractivity contribution in [2.75, 3.05) is 25.3 Å². The molecule has 0 radical (unpaired) electrons. The molecule has 5 nitrogen and oxygen atoms in total. The van der Waals surface area contributed by atoms with Crippen LogP contribution in [-0.4, -0.2) is 20.1 Å². The van der Waals surface area contributed by atoms with Gasteiger partial charge in [0.05, 0.1) is 36.2 Å². The number of nitrogen functional groups attached to an aromatic ring is 1. The molecule has 0 aromatic heterocycles. The van der Waals surface area contributed by atoms with Crippen LogP contribution in [0.25, 0.3) is 0 Å². The molecule has 110 valence electrons. The Bertz CT molecular complexity index is 674. The maximum Gasteiger partial charge on any atom is 0.259 e. The Morgan fingerprint density at radius 2 is 1.81 bits per heavy atom. The Balaban J connectivity index is 2.31. The van der Waals surface area contributed by atoms with Crippen LogP contribution in [0.5, 0.6) is 11.5 Å². The quantitative estimate of drug-likeness (QED) is 0.851. The minimum Gasteiger partial charge on any atom is -0.496 e. The maximum atomic E-state index is 12.3. The molecule has 0 saturated carbocycles. The average molecular weight is 307 g/mol. The lowest BCUT2D eigenvalue weighted by Gasteiger charge is -2.12. The lowest BCUT2D eigenvalue weighted by molar-refractivity contribution is 0.102. The van der Waals surface area contributed by atoms with E-state index in [0.717, 1.165) is 0 Å². The molecule has 2 aromatic carbocycles. The van der Waals surface area contributed by atoms with Crippen LogP contribution in [0.2, 0.25) is 5.02 Å². The van der Waals surface area contributed by atoms with E-state index < -0.39 is 0 Å². The number of nitrogens with one attached hydrogen (secondary N) is 1. The van der Waals surface area contributed by atoms with Crippen LogP contribution in [-0.2, 0) is 0 Å². The number of rotatable bonds is 4. The van der Waals surface area contributed by atoms with E-state index in [2.05, 4.69) is 5.32 Å². The second kappa shape index (κ2) is 6.37. The highest BCUT2D eigenvalue weighted by atomic mass is 35.5. The van der Waals surface area contributed by atoms with Crippen molar-refractivity contribution in [3.05, 3.63) is 47.0 Å². The summed E-state index contributed by atoms with van der Waals surface area (Å²) in [6, 6.07) is 10.0. The van der Waals surface area contributed by atoms with Crippen LogP contribution in [0, 0.1) is 0 Å². The molecule has 0 saturated heterocycles. The first-order valence-corrected chi connectivity index (χ1v) is 6.52. The number of amides is 1. The zero-order valence-electron chi connectivity index (χ0n) is 11.6. The molecule has 0 bridgehead atoms. The molecule has 0 aliphatic carbocycles. The van der Waals surface area contributed by atoms with Gasteiger partial charge in [-0.3, -0.25) is 4.79 Å². The summed E-state index contributed by atoms with van der Waals surface area (Å²) in [4.78, 5) is 12.3. The van der Waals surface area contributed by atoms with Crippen LogP contribution in [0.1, 0.15) is 10.4 Å². The fourth-order valence-electron chi connectivity index (χ4n) is 1.86. The third-order valence-corrected chi connectivity index (χ3v) is 3.23. The number of hydrogen-bond acceptors (Lipinski definition) is 4. The molecule has 21 heavy (non-hydrogen) atoms. The molecule has 0 atom stereocenters. The van der Waals surface area contributed by atoms with Crippen molar-refractivity contribution in [3.63, 3.8) is 0 Å². The minimum atomic E-state index is -0.332.